The van der Waals surface area contributed by atoms with E-state index in [0.29, 0.717) is 25.0 Å². The van der Waals surface area contributed by atoms with E-state index in [0.717, 1.165) is 17.9 Å². The van der Waals surface area contributed by atoms with Gasteiger partial charge >= 0.3 is 6.09 Å². The van der Waals surface area contributed by atoms with Gasteiger partial charge in [0.05, 0.1) is 11.3 Å². The maximum absolute atomic E-state index is 11.9. The fourth-order valence-electron chi connectivity index (χ4n) is 2.00. The van der Waals surface area contributed by atoms with Gasteiger partial charge in [-0.2, -0.15) is 5.10 Å². The molecule has 2 N–H and O–H groups in total. The highest BCUT2D eigenvalue weighted by molar-refractivity contribution is 6.24. The number of ketones is 1. The summed E-state index contributed by atoms with van der Waals surface area (Å²) in [6.07, 6.45) is 2.13. The van der Waals surface area contributed by atoms with Crippen LogP contribution in [0, 0.1) is 5.92 Å². The molecule has 2 aliphatic carbocycles. The summed E-state index contributed by atoms with van der Waals surface area (Å²) in [7, 11) is 1.31. The molecule has 0 aromatic heterocycles. The van der Waals surface area contributed by atoms with Gasteiger partial charge in [0, 0.05) is 19.4 Å². The maximum atomic E-state index is 11.9. The Hall–Kier alpha value is -1.85. The number of carboxylic acid groups (broad SMARTS) is 1. The normalized spacial score (nSPS) is 25.2. The van der Waals surface area contributed by atoms with Gasteiger partial charge in [0.15, 0.2) is 5.78 Å². The third kappa shape index (κ3) is 2.52. The molecular weight excluding hydrogens is 236 g/mol. The van der Waals surface area contributed by atoms with Gasteiger partial charge < -0.3 is 10.2 Å². The molecule has 2 aliphatic rings. The number of nitrogens with zero attached hydrogens (tertiary/aromatic N) is 2. The monoisotopic (exact) mass is 252 g/mol. The van der Waals surface area contributed by atoms with Crippen LogP contribution in [0.3, 0.4) is 0 Å². The molecule has 2 rings (SSSR count). The molecule has 6 heteroatoms. The van der Waals surface area contributed by atoms with Crippen LogP contribution < -0.4 is 0 Å². The minimum Gasteiger partial charge on any atom is -0.511 e. The fourth-order valence-corrected chi connectivity index (χ4v) is 2.00. The molecule has 1 amide bonds. The Balaban J connectivity index is 2.34. The number of carbonyl (C=O) groups is 2. The van der Waals surface area contributed by atoms with E-state index in [9.17, 15) is 14.7 Å². The molecule has 0 atom stereocenters. The number of carbonyl (C=O) groups excluding carboxylic acids is 1. The second-order valence-corrected chi connectivity index (χ2v) is 4.66. The standard InChI is InChI=1S/C12H16N2O4/c1-14(12(17)18)13-8-3-2-4-9(15)10(8)11(16)7-5-6-7/h7,16H,2-6H2,1H3,(H,17,18). The van der Waals surface area contributed by atoms with Crippen molar-refractivity contribution >= 4 is 17.6 Å². The number of allylic oxidation sites excluding steroid dienone is 2. The van der Waals surface area contributed by atoms with E-state index in [1.807, 2.05) is 0 Å². The summed E-state index contributed by atoms with van der Waals surface area (Å²) >= 11 is 0. The Labute approximate surface area is 105 Å². The van der Waals surface area contributed by atoms with E-state index in [-0.39, 0.29) is 23.0 Å². The number of hydrogen-bond donors (Lipinski definition) is 2. The SMILES string of the molecule is CN(N=C1CCCC(=O)C1=C(O)C1CC1)C(=O)O. The zero-order chi connectivity index (χ0) is 13.3. The van der Waals surface area contributed by atoms with Gasteiger partial charge in [0.2, 0.25) is 0 Å². The van der Waals surface area contributed by atoms with Gasteiger partial charge in [-0.3, -0.25) is 4.79 Å². The lowest BCUT2D eigenvalue weighted by Gasteiger charge is -2.19. The van der Waals surface area contributed by atoms with Crippen molar-refractivity contribution in [1.82, 2.24) is 5.01 Å². The van der Waals surface area contributed by atoms with Crippen LogP contribution in [0.5, 0.6) is 0 Å². The van der Waals surface area contributed by atoms with Gasteiger partial charge in [-0.1, -0.05) is 0 Å². The van der Waals surface area contributed by atoms with Crippen molar-refractivity contribution < 1.29 is 19.8 Å². The second kappa shape index (κ2) is 4.80. The molecule has 0 saturated heterocycles. The largest absolute Gasteiger partial charge is 0.511 e. The average Bonchev–Trinajstić information content (AvgIpc) is 3.12. The number of rotatable bonds is 2. The quantitative estimate of drug-likeness (QED) is 0.446. The molecular formula is C12H16N2O4. The number of Topliss-reactive ketones (excluding diaryl/α,β-unsaturated/α-hetero) is 1. The van der Waals surface area contributed by atoms with Crippen molar-refractivity contribution in [1.29, 1.82) is 0 Å². The molecule has 6 nitrogen and oxygen atoms in total. The lowest BCUT2D eigenvalue weighted by Crippen LogP contribution is -2.27. The Kier molecular flexibility index (Phi) is 3.36. The van der Waals surface area contributed by atoms with Crippen LogP contribution in [-0.4, -0.2) is 39.9 Å². The minimum absolute atomic E-state index is 0.0578. The number of hydrazone groups is 1. The summed E-state index contributed by atoms with van der Waals surface area (Å²) in [5, 5.41) is 23.5. The van der Waals surface area contributed by atoms with Crippen LogP contribution in [0.4, 0.5) is 4.79 Å². The highest BCUT2D eigenvalue weighted by Gasteiger charge is 2.34. The lowest BCUT2D eigenvalue weighted by atomic mass is 9.89. The summed E-state index contributed by atoms with van der Waals surface area (Å²) in [4.78, 5) is 22.6. The summed E-state index contributed by atoms with van der Waals surface area (Å²) in [6, 6.07) is 0. The summed E-state index contributed by atoms with van der Waals surface area (Å²) < 4.78 is 0. The number of aliphatic hydroxyl groups excluding tert-OH is 1. The molecule has 0 aromatic rings. The van der Waals surface area contributed by atoms with Gasteiger partial charge in [-0.15, -0.1) is 0 Å². The molecule has 2 saturated carbocycles. The van der Waals surface area contributed by atoms with E-state index in [1.54, 1.807) is 0 Å². The first kappa shape index (κ1) is 12.6. The highest BCUT2D eigenvalue weighted by atomic mass is 16.4. The van der Waals surface area contributed by atoms with Crippen LogP contribution in [-0.2, 0) is 4.79 Å². The predicted octanol–water partition coefficient (Wildman–Crippen LogP) is 1.93. The Morgan fingerprint density at radius 1 is 1.33 bits per heavy atom. The molecule has 98 valence electrons. The Morgan fingerprint density at radius 3 is 2.56 bits per heavy atom. The zero-order valence-corrected chi connectivity index (χ0v) is 10.2. The number of aliphatic hydroxyl groups is 1. The third-order valence-electron chi connectivity index (χ3n) is 3.15. The van der Waals surface area contributed by atoms with Crippen molar-refractivity contribution in [3.63, 3.8) is 0 Å². The Morgan fingerprint density at radius 2 is 2.00 bits per heavy atom. The van der Waals surface area contributed by atoms with Crippen LogP contribution in [0.1, 0.15) is 32.1 Å². The maximum Gasteiger partial charge on any atom is 0.427 e. The van der Waals surface area contributed by atoms with E-state index >= 15 is 0 Å². The molecule has 0 spiro atoms. The topological polar surface area (TPSA) is 90.2 Å². The number of hydrogen-bond acceptors (Lipinski definition) is 4. The first-order chi connectivity index (χ1) is 8.50. The van der Waals surface area contributed by atoms with Gasteiger partial charge in [0.1, 0.15) is 5.76 Å². The summed E-state index contributed by atoms with van der Waals surface area (Å²) in [5.74, 6) is 0.0165. The molecule has 18 heavy (non-hydrogen) atoms. The van der Waals surface area contributed by atoms with Gasteiger partial charge in [-0.05, 0) is 25.7 Å². The highest BCUT2D eigenvalue weighted by Crippen LogP contribution is 2.38. The fraction of sp³-hybridized carbons (Fsp3) is 0.583. The molecule has 0 aromatic carbocycles. The minimum atomic E-state index is -1.19. The summed E-state index contributed by atoms with van der Waals surface area (Å²) in [6.45, 7) is 0. The van der Waals surface area contributed by atoms with E-state index in [2.05, 4.69) is 5.10 Å². The van der Waals surface area contributed by atoms with Gasteiger partial charge in [-0.25, -0.2) is 9.80 Å². The van der Waals surface area contributed by atoms with E-state index in [4.69, 9.17) is 5.11 Å². The van der Waals surface area contributed by atoms with Gasteiger partial charge in [0.25, 0.3) is 0 Å². The number of amides is 1. The first-order valence-electron chi connectivity index (χ1n) is 6.01. The van der Waals surface area contributed by atoms with Crippen molar-refractivity contribution in [2.45, 2.75) is 32.1 Å². The third-order valence-corrected chi connectivity index (χ3v) is 3.15. The molecule has 0 unspecified atom stereocenters. The molecule has 0 aliphatic heterocycles. The van der Waals surface area contributed by atoms with E-state index < -0.39 is 6.09 Å². The van der Waals surface area contributed by atoms with Crippen molar-refractivity contribution in [2.24, 2.45) is 11.0 Å². The van der Waals surface area contributed by atoms with Crippen LogP contribution >= 0.6 is 0 Å². The van der Waals surface area contributed by atoms with Crippen LogP contribution in [0.25, 0.3) is 0 Å². The average molecular weight is 252 g/mol. The lowest BCUT2D eigenvalue weighted by molar-refractivity contribution is -0.115. The predicted molar refractivity (Wildman–Crippen MR) is 64.5 cm³/mol. The molecule has 0 radical (unpaired) electrons. The van der Waals surface area contributed by atoms with Crippen molar-refractivity contribution in [3.05, 3.63) is 11.3 Å². The second-order valence-electron chi connectivity index (χ2n) is 4.66. The van der Waals surface area contributed by atoms with Crippen LogP contribution in [0.2, 0.25) is 0 Å². The zero-order valence-electron chi connectivity index (χ0n) is 10.2. The van der Waals surface area contributed by atoms with Crippen molar-refractivity contribution in [3.8, 4) is 0 Å². The summed E-state index contributed by atoms with van der Waals surface area (Å²) in [5.41, 5.74) is 0.636. The molecule has 0 bridgehead atoms. The molecule has 0 heterocycles. The van der Waals surface area contributed by atoms with E-state index in [1.165, 1.54) is 7.05 Å². The first-order valence-corrected chi connectivity index (χ1v) is 6.01. The van der Waals surface area contributed by atoms with Crippen molar-refractivity contribution in [2.75, 3.05) is 7.05 Å². The Bertz CT molecular complexity index is 449. The van der Waals surface area contributed by atoms with Crippen LogP contribution in [0.15, 0.2) is 16.4 Å². The molecule has 2 fully saturated rings. The smallest absolute Gasteiger partial charge is 0.427 e.